The zero-order valence-electron chi connectivity index (χ0n) is 6.15. The highest BCUT2D eigenvalue weighted by Crippen LogP contribution is 2.04. The Labute approximate surface area is 74.0 Å². The number of nitrogens with zero attached hydrogens (tertiary/aromatic N) is 1. The number of nitrogens with two attached hydrogens (primary N) is 1. The van der Waals surface area contributed by atoms with Gasteiger partial charge in [0.05, 0.1) is 12.1 Å². The van der Waals surface area contributed by atoms with Crippen LogP contribution in [0.1, 0.15) is 0 Å². The molecule has 0 aliphatic heterocycles. The van der Waals surface area contributed by atoms with E-state index in [1.807, 2.05) is 6.07 Å². The van der Waals surface area contributed by atoms with Crippen LogP contribution in [0.3, 0.4) is 0 Å². The second-order valence-electron chi connectivity index (χ2n) is 1.89. The number of primary amides is 1. The molecule has 1 rings (SSSR count). The Bertz CT molecular complexity index is 253. The standard InChI is InChI=1S/C6H8N4OS/c7-6(11)10-12-9-5-3-1-2-4-8-5/h1-4H,(H,8,9)(H3,7,10,11). The van der Waals surface area contributed by atoms with Crippen LogP contribution in [0.25, 0.3) is 0 Å². The average molecular weight is 184 g/mol. The van der Waals surface area contributed by atoms with Crippen LogP contribution in [-0.4, -0.2) is 11.0 Å². The van der Waals surface area contributed by atoms with Gasteiger partial charge in [0.1, 0.15) is 5.82 Å². The summed E-state index contributed by atoms with van der Waals surface area (Å²) in [7, 11) is 0. The second kappa shape index (κ2) is 4.45. The lowest BCUT2D eigenvalue weighted by Crippen LogP contribution is -2.24. The summed E-state index contributed by atoms with van der Waals surface area (Å²) < 4.78 is 5.07. The van der Waals surface area contributed by atoms with Gasteiger partial charge in [-0.25, -0.2) is 9.78 Å². The van der Waals surface area contributed by atoms with E-state index in [4.69, 9.17) is 5.73 Å². The number of amides is 2. The van der Waals surface area contributed by atoms with Crippen molar-refractivity contribution in [3.8, 4) is 0 Å². The fraction of sp³-hybridized carbons (Fsp3) is 0. The highest BCUT2D eigenvalue weighted by molar-refractivity contribution is 7.99. The van der Waals surface area contributed by atoms with Crippen molar-refractivity contribution in [1.82, 2.24) is 9.71 Å². The Morgan fingerprint density at radius 3 is 3.00 bits per heavy atom. The third kappa shape index (κ3) is 3.11. The number of carbonyl (C=O) groups is 1. The summed E-state index contributed by atoms with van der Waals surface area (Å²) in [5, 5.41) is 0. The maximum Gasteiger partial charge on any atom is 0.323 e. The molecule has 0 saturated carbocycles. The number of hydrogen-bond acceptors (Lipinski definition) is 4. The lowest BCUT2D eigenvalue weighted by atomic mass is 10.5. The van der Waals surface area contributed by atoms with Crippen molar-refractivity contribution in [2.24, 2.45) is 5.73 Å². The summed E-state index contributed by atoms with van der Waals surface area (Å²) in [6, 6.07) is 4.82. The lowest BCUT2D eigenvalue weighted by molar-refractivity contribution is 0.254. The molecule has 0 unspecified atom stereocenters. The van der Waals surface area contributed by atoms with E-state index in [2.05, 4.69) is 14.4 Å². The molecule has 0 aliphatic carbocycles. The largest absolute Gasteiger partial charge is 0.351 e. The number of carbonyl (C=O) groups excluding carboxylic acids is 1. The molecule has 0 radical (unpaired) electrons. The lowest BCUT2D eigenvalue weighted by Gasteiger charge is -2.01. The Hall–Kier alpha value is -1.43. The molecule has 2 amide bonds. The van der Waals surface area contributed by atoms with Gasteiger partial charge in [-0.05, 0) is 12.1 Å². The van der Waals surface area contributed by atoms with Crippen LogP contribution in [0.2, 0.25) is 0 Å². The quantitative estimate of drug-likeness (QED) is 0.605. The Morgan fingerprint density at radius 2 is 2.42 bits per heavy atom. The van der Waals surface area contributed by atoms with Crippen molar-refractivity contribution in [2.45, 2.75) is 0 Å². The van der Waals surface area contributed by atoms with Gasteiger partial charge in [-0.15, -0.1) is 0 Å². The number of aromatic nitrogens is 1. The molecule has 0 spiro atoms. The normalized spacial score (nSPS) is 9.00. The maximum absolute atomic E-state index is 10.2. The molecule has 0 aromatic carbocycles. The summed E-state index contributed by atoms with van der Waals surface area (Å²) in [6.45, 7) is 0. The predicted molar refractivity (Wildman–Crippen MR) is 48.2 cm³/mol. The van der Waals surface area contributed by atoms with E-state index < -0.39 is 6.03 Å². The Morgan fingerprint density at radius 1 is 1.58 bits per heavy atom. The van der Waals surface area contributed by atoms with E-state index in [0.29, 0.717) is 5.82 Å². The molecule has 0 fully saturated rings. The first kappa shape index (κ1) is 8.66. The fourth-order valence-electron chi connectivity index (χ4n) is 0.551. The van der Waals surface area contributed by atoms with E-state index in [-0.39, 0.29) is 0 Å². The van der Waals surface area contributed by atoms with Gasteiger partial charge in [0, 0.05) is 6.20 Å². The zero-order chi connectivity index (χ0) is 8.81. The van der Waals surface area contributed by atoms with Gasteiger partial charge >= 0.3 is 6.03 Å². The first-order valence-corrected chi connectivity index (χ1v) is 3.99. The number of nitrogens with one attached hydrogen (secondary N) is 2. The monoisotopic (exact) mass is 184 g/mol. The van der Waals surface area contributed by atoms with Crippen LogP contribution in [-0.2, 0) is 0 Å². The maximum atomic E-state index is 10.2. The van der Waals surface area contributed by atoms with Crippen molar-refractivity contribution >= 4 is 24.0 Å². The van der Waals surface area contributed by atoms with E-state index in [1.54, 1.807) is 18.3 Å². The number of pyridine rings is 1. The van der Waals surface area contributed by atoms with E-state index >= 15 is 0 Å². The third-order valence-electron chi connectivity index (χ3n) is 0.972. The van der Waals surface area contributed by atoms with Crippen LogP contribution in [0.4, 0.5) is 10.6 Å². The molecule has 0 atom stereocenters. The predicted octanol–water partition coefficient (Wildman–Crippen LogP) is 0.725. The minimum Gasteiger partial charge on any atom is -0.351 e. The minimum atomic E-state index is -0.594. The van der Waals surface area contributed by atoms with Crippen LogP contribution < -0.4 is 15.2 Å². The summed E-state index contributed by atoms with van der Waals surface area (Å²) in [6.07, 6.45) is 1.65. The molecule has 1 aromatic heterocycles. The third-order valence-corrected chi connectivity index (χ3v) is 1.59. The first-order valence-electron chi connectivity index (χ1n) is 3.17. The zero-order valence-corrected chi connectivity index (χ0v) is 6.97. The molecule has 64 valence electrons. The van der Waals surface area contributed by atoms with Crippen molar-refractivity contribution < 1.29 is 4.79 Å². The topological polar surface area (TPSA) is 80.0 Å². The summed E-state index contributed by atoms with van der Waals surface area (Å²) in [5.74, 6) is 0.663. The fourth-order valence-corrected chi connectivity index (χ4v) is 0.928. The number of urea groups is 1. The van der Waals surface area contributed by atoms with Crippen LogP contribution in [0.15, 0.2) is 24.4 Å². The van der Waals surface area contributed by atoms with Crippen molar-refractivity contribution in [3.63, 3.8) is 0 Å². The highest BCUT2D eigenvalue weighted by Gasteiger charge is 1.92. The molecule has 0 bridgehead atoms. The molecule has 0 aliphatic rings. The first-order chi connectivity index (χ1) is 5.79. The van der Waals surface area contributed by atoms with Gasteiger partial charge in [0.15, 0.2) is 0 Å². The van der Waals surface area contributed by atoms with E-state index in [1.165, 1.54) is 0 Å². The highest BCUT2D eigenvalue weighted by atomic mass is 32.2. The van der Waals surface area contributed by atoms with E-state index in [9.17, 15) is 4.79 Å². The number of hydrogen-bond donors (Lipinski definition) is 3. The van der Waals surface area contributed by atoms with Gasteiger partial charge in [-0.2, -0.15) is 0 Å². The SMILES string of the molecule is NC(=O)NSNc1ccccn1. The molecule has 4 N–H and O–H groups in total. The van der Waals surface area contributed by atoms with Gasteiger partial charge in [0.25, 0.3) is 0 Å². The van der Waals surface area contributed by atoms with Crippen LogP contribution in [0.5, 0.6) is 0 Å². The van der Waals surface area contributed by atoms with Gasteiger partial charge in [-0.1, -0.05) is 6.07 Å². The molecule has 6 heteroatoms. The summed E-state index contributed by atoms with van der Waals surface area (Å²) >= 11 is 0.977. The summed E-state index contributed by atoms with van der Waals surface area (Å²) in [5.41, 5.74) is 4.83. The Balaban J connectivity index is 2.29. The molecule has 0 saturated heterocycles. The van der Waals surface area contributed by atoms with Gasteiger partial charge in [0.2, 0.25) is 0 Å². The molecular formula is C6H8N4OS. The van der Waals surface area contributed by atoms with Crippen molar-refractivity contribution in [1.29, 1.82) is 0 Å². The van der Waals surface area contributed by atoms with Gasteiger partial charge < -0.3 is 5.73 Å². The smallest absolute Gasteiger partial charge is 0.323 e. The molecule has 5 nitrogen and oxygen atoms in total. The second-order valence-corrected chi connectivity index (χ2v) is 2.50. The van der Waals surface area contributed by atoms with E-state index in [0.717, 1.165) is 12.1 Å². The van der Waals surface area contributed by atoms with Crippen LogP contribution in [0, 0.1) is 0 Å². The molecule has 12 heavy (non-hydrogen) atoms. The minimum absolute atomic E-state index is 0.594. The number of anilines is 1. The molecule has 1 heterocycles. The molecular weight excluding hydrogens is 176 g/mol. The average Bonchev–Trinajstić information content (AvgIpc) is 2.05. The van der Waals surface area contributed by atoms with Crippen molar-refractivity contribution in [3.05, 3.63) is 24.4 Å². The number of rotatable bonds is 3. The summed E-state index contributed by atoms with van der Waals surface area (Å²) in [4.78, 5) is 14.2. The molecule has 1 aromatic rings. The Kier molecular flexibility index (Phi) is 3.21. The van der Waals surface area contributed by atoms with Gasteiger partial charge in [-0.3, -0.25) is 9.44 Å². The van der Waals surface area contributed by atoms with Crippen molar-refractivity contribution in [2.75, 3.05) is 4.72 Å². The van der Waals surface area contributed by atoms with Crippen LogP contribution >= 0.6 is 12.1 Å².